The summed E-state index contributed by atoms with van der Waals surface area (Å²) >= 11 is 0. The molecule has 9 nitrogen and oxygen atoms in total. The van der Waals surface area contributed by atoms with Crippen LogP contribution in [0.4, 0.5) is 5.82 Å². The van der Waals surface area contributed by atoms with Gasteiger partial charge in [0, 0.05) is 12.5 Å². The van der Waals surface area contributed by atoms with Gasteiger partial charge < -0.3 is 25.1 Å². The van der Waals surface area contributed by atoms with Gasteiger partial charge in [-0.05, 0) is 51.7 Å². The van der Waals surface area contributed by atoms with E-state index in [-0.39, 0.29) is 23.4 Å². The molecule has 3 rings (SSSR count). The van der Waals surface area contributed by atoms with Crippen LogP contribution in [0.1, 0.15) is 64.7 Å². The Morgan fingerprint density at radius 1 is 1.10 bits per heavy atom. The smallest absolute Gasteiger partial charge is 0.327 e. The van der Waals surface area contributed by atoms with Crippen molar-refractivity contribution in [3.05, 3.63) is 10.5 Å². The molecule has 0 saturated carbocycles. The molecule has 1 saturated heterocycles. The number of nitrogens with one attached hydrogen (secondary N) is 1. The monoisotopic (exact) mass is 432 g/mol. The molecule has 0 atom stereocenters. The number of unbranched alkanes of at least 4 members (excludes halogenated alkanes) is 5. The number of piperidine rings is 1. The Kier molecular flexibility index (Phi) is 8.87. The summed E-state index contributed by atoms with van der Waals surface area (Å²) in [5.41, 5.74) is 6.78. The van der Waals surface area contributed by atoms with Gasteiger partial charge in [0.25, 0.3) is 0 Å². The van der Waals surface area contributed by atoms with Crippen LogP contribution in [0, 0.1) is 5.92 Å². The van der Waals surface area contributed by atoms with Crippen LogP contribution in [0.15, 0.2) is 4.79 Å². The van der Waals surface area contributed by atoms with Crippen LogP contribution in [0.2, 0.25) is 0 Å². The van der Waals surface area contributed by atoms with E-state index in [1.807, 2.05) is 0 Å². The molecule has 1 aliphatic heterocycles. The summed E-state index contributed by atoms with van der Waals surface area (Å²) in [6.07, 6.45) is 10.5. The molecule has 3 heterocycles. The fourth-order valence-corrected chi connectivity index (χ4v) is 4.06. The van der Waals surface area contributed by atoms with Gasteiger partial charge in [-0.1, -0.05) is 32.6 Å². The largest absolute Gasteiger partial charge is 0.463 e. The van der Waals surface area contributed by atoms with Gasteiger partial charge in [-0.25, -0.2) is 4.79 Å². The van der Waals surface area contributed by atoms with E-state index in [1.165, 1.54) is 12.8 Å². The number of aldehydes is 1. The zero-order chi connectivity index (χ0) is 22.1. The molecule has 0 amide bonds. The van der Waals surface area contributed by atoms with Crippen LogP contribution in [0.5, 0.6) is 6.01 Å². The minimum atomic E-state index is -0.208. The van der Waals surface area contributed by atoms with Crippen LogP contribution in [-0.2, 0) is 11.3 Å². The molecule has 0 aromatic carbocycles. The predicted molar refractivity (Wildman–Crippen MR) is 121 cm³/mol. The van der Waals surface area contributed by atoms with E-state index in [2.05, 4.69) is 26.8 Å². The van der Waals surface area contributed by atoms with Crippen molar-refractivity contribution in [1.82, 2.24) is 24.4 Å². The number of rotatable bonds is 13. The van der Waals surface area contributed by atoms with E-state index < -0.39 is 0 Å². The number of aryl methyl sites for hydroxylation is 1. The van der Waals surface area contributed by atoms with Crippen molar-refractivity contribution < 1.29 is 9.53 Å². The lowest BCUT2D eigenvalue weighted by Gasteiger charge is -2.29. The van der Waals surface area contributed by atoms with Gasteiger partial charge in [-0.15, -0.1) is 0 Å². The van der Waals surface area contributed by atoms with Crippen LogP contribution in [0.3, 0.4) is 0 Å². The number of ether oxygens (including phenoxy) is 1. The summed E-state index contributed by atoms with van der Waals surface area (Å²) in [7, 11) is 0. The summed E-state index contributed by atoms with van der Waals surface area (Å²) in [5.74, 6) is 0.508. The summed E-state index contributed by atoms with van der Waals surface area (Å²) < 4.78 is 7.22. The second kappa shape index (κ2) is 11.8. The average molecular weight is 433 g/mol. The van der Waals surface area contributed by atoms with Crippen LogP contribution in [0.25, 0.3) is 11.2 Å². The molecule has 172 valence electrons. The molecule has 0 radical (unpaired) electrons. The molecule has 1 fully saturated rings. The number of imidazole rings is 1. The average Bonchev–Trinajstić information content (AvgIpc) is 3.09. The van der Waals surface area contributed by atoms with Gasteiger partial charge in [-0.2, -0.15) is 9.97 Å². The van der Waals surface area contributed by atoms with Crippen molar-refractivity contribution in [2.75, 3.05) is 32.0 Å². The van der Waals surface area contributed by atoms with Gasteiger partial charge in [0.15, 0.2) is 11.5 Å². The number of aromatic nitrogens is 4. The number of carbonyl (C=O) groups is 1. The highest BCUT2D eigenvalue weighted by atomic mass is 16.5. The highest BCUT2D eigenvalue weighted by molar-refractivity contribution is 5.81. The summed E-state index contributed by atoms with van der Waals surface area (Å²) in [4.78, 5) is 37.0. The molecule has 0 bridgehead atoms. The van der Waals surface area contributed by atoms with Gasteiger partial charge in [0.05, 0.1) is 6.61 Å². The fourth-order valence-electron chi connectivity index (χ4n) is 4.06. The number of carbonyl (C=O) groups excluding carboxylic acids is 1. The number of nitrogens with zero attached hydrogens (tertiary/aromatic N) is 4. The molecule has 3 N–H and O–H groups in total. The molecule has 2 aromatic heterocycles. The first-order valence-corrected chi connectivity index (χ1v) is 11.7. The van der Waals surface area contributed by atoms with Gasteiger partial charge in [0.2, 0.25) is 0 Å². The normalized spacial score (nSPS) is 15.5. The lowest BCUT2D eigenvalue weighted by atomic mass is 9.98. The number of hydrogen-bond acceptors (Lipinski definition) is 7. The van der Waals surface area contributed by atoms with Crippen LogP contribution in [-0.4, -0.2) is 56.9 Å². The Bertz CT molecular complexity index is 885. The van der Waals surface area contributed by atoms with Gasteiger partial charge >= 0.3 is 11.7 Å². The number of likely N-dealkylation sites (tertiary alicyclic amines) is 1. The lowest BCUT2D eigenvalue weighted by Crippen LogP contribution is -2.34. The van der Waals surface area contributed by atoms with E-state index in [0.29, 0.717) is 24.3 Å². The highest BCUT2D eigenvalue weighted by Crippen LogP contribution is 2.19. The Hall–Kier alpha value is -2.42. The molecule has 2 aromatic rings. The second-order valence-electron chi connectivity index (χ2n) is 8.46. The second-order valence-corrected chi connectivity index (χ2v) is 8.46. The number of aromatic amines is 1. The first-order valence-electron chi connectivity index (χ1n) is 11.7. The van der Waals surface area contributed by atoms with E-state index in [9.17, 15) is 9.59 Å². The van der Waals surface area contributed by atoms with Crippen molar-refractivity contribution in [3.63, 3.8) is 0 Å². The Morgan fingerprint density at radius 2 is 1.81 bits per heavy atom. The molecule has 0 spiro atoms. The first-order chi connectivity index (χ1) is 15.1. The molecule has 1 aliphatic rings. The van der Waals surface area contributed by atoms with Crippen molar-refractivity contribution in [2.45, 2.75) is 71.3 Å². The standard InChI is InChI=1S/C22H36N6O3/c1-2-3-15-31-21-25-19(23)18-20(26-21)28(22(30)24-18)12-8-6-4-5-7-11-27-13-9-17(16-29)10-14-27/h16-17H,2-15H2,1H3,(H,24,30)(H2,23,25,26). The number of H-pyrrole nitrogens is 1. The summed E-state index contributed by atoms with van der Waals surface area (Å²) in [6, 6.07) is 0.225. The molecule has 0 aliphatic carbocycles. The Labute approximate surface area is 183 Å². The molecular formula is C22H36N6O3. The van der Waals surface area contributed by atoms with Crippen molar-refractivity contribution in [2.24, 2.45) is 5.92 Å². The SMILES string of the molecule is CCCCOc1nc(N)c2[nH]c(=O)n(CCCCCCCN3CCC(C=O)CC3)c2n1. The first kappa shape index (κ1) is 23.2. The minimum absolute atomic E-state index is 0.208. The van der Waals surface area contributed by atoms with Crippen LogP contribution >= 0.6 is 0 Å². The number of nitrogen functional groups attached to an aromatic ring is 1. The zero-order valence-electron chi connectivity index (χ0n) is 18.6. The van der Waals surface area contributed by atoms with Crippen molar-refractivity contribution >= 4 is 23.3 Å². The fraction of sp³-hybridized carbons (Fsp3) is 0.727. The summed E-state index contributed by atoms with van der Waals surface area (Å²) in [6.45, 7) is 6.42. The number of anilines is 1. The van der Waals surface area contributed by atoms with Gasteiger partial charge in [0.1, 0.15) is 11.8 Å². The molecular weight excluding hydrogens is 396 g/mol. The lowest BCUT2D eigenvalue weighted by molar-refractivity contribution is -0.112. The van der Waals surface area contributed by atoms with E-state index >= 15 is 0 Å². The zero-order valence-corrected chi connectivity index (χ0v) is 18.6. The molecule has 0 unspecified atom stereocenters. The number of hydrogen-bond donors (Lipinski definition) is 2. The maximum atomic E-state index is 12.4. The third kappa shape index (κ3) is 6.53. The van der Waals surface area contributed by atoms with Crippen molar-refractivity contribution in [1.29, 1.82) is 0 Å². The van der Waals surface area contributed by atoms with Crippen LogP contribution < -0.4 is 16.2 Å². The summed E-state index contributed by atoms with van der Waals surface area (Å²) in [5, 5.41) is 0. The van der Waals surface area contributed by atoms with E-state index in [4.69, 9.17) is 10.5 Å². The number of nitrogens with two attached hydrogens (primary N) is 1. The third-order valence-electron chi connectivity index (χ3n) is 6.04. The van der Waals surface area contributed by atoms with E-state index in [1.54, 1.807) is 4.57 Å². The van der Waals surface area contributed by atoms with Gasteiger partial charge in [-0.3, -0.25) is 4.57 Å². The third-order valence-corrected chi connectivity index (χ3v) is 6.04. The maximum Gasteiger partial charge on any atom is 0.327 e. The highest BCUT2D eigenvalue weighted by Gasteiger charge is 2.18. The Morgan fingerprint density at radius 3 is 2.52 bits per heavy atom. The Balaban J connectivity index is 1.41. The predicted octanol–water partition coefficient (Wildman–Crippen LogP) is 2.74. The van der Waals surface area contributed by atoms with Crippen molar-refractivity contribution in [3.8, 4) is 6.01 Å². The number of fused-ring (bicyclic) bond motifs is 1. The molecule has 9 heteroatoms. The topological polar surface area (TPSA) is 119 Å². The molecule has 31 heavy (non-hydrogen) atoms. The van der Waals surface area contributed by atoms with E-state index in [0.717, 1.165) is 70.9 Å². The quantitative estimate of drug-likeness (QED) is 0.369. The maximum absolute atomic E-state index is 12.4. The minimum Gasteiger partial charge on any atom is -0.463 e.